The lowest BCUT2D eigenvalue weighted by Crippen LogP contribution is -2.47. The number of likely N-dealkylation sites (tertiary alicyclic amines) is 1. The molecule has 2 heterocycles. The molecule has 0 radical (unpaired) electrons. The van der Waals surface area contributed by atoms with Gasteiger partial charge in [0, 0.05) is 37.6 Å². The molecule has 0 aliphatic carbocycles. The smallest absolute Gasteiger partial charge is 0.409 e. The molecule has 1 aliphatic heterocycles. The molecule has 3 aromatic rings. The van der Waals surface area contributed by atoms with Crippen LogP contribution in [0.25, 0.3) is 0 Å². The van der Waals surface area contributed by atoms with Crippen molar-refractivity contribution >= 4 is 18.0 Å². The van der Waals surface area contributed by atoms with Crippen LogP contribution in [-0.2, 0) is 28.3 Å². The standard InChI is InChI=1S/C35H41F2N3O8/c1-45-29-20-27(21-30(46-2)31(29)47-3)35(36,37)33(43)40-19-7-11-28(40)23-48-34(44)39(18-6-10-25-8-4-16-38-22-25)17-5-9-24-12-14-26(15-13-24)32(41)42/h4,8,12-16,20-22,28H,5-7,9-11,17-19,23H2,1-3H3,(H,41,42). The van der Waals surface area contributed by atoms with Crippen LogP contribution >= 0.6 is 0 Å². The van der Waals surface area contributed by atoms with Gasteiger partial charge in [-0.2, -0.15) is 8.78 Å². The van der Waals surface area contributed by atoms with Crippen LogP contribution in [0.1, 0.15) is 52.7 Å². The number of rotatable bonds is 16. The summed E-state index contributed by atoms with van der Waals surface area (Å²) in [7, 11) is 3.95. The van der Waals surface area contributed by atoms with E-state index in [1.807, 2.05) is 12.1 Å². The molecule has 11 nitrogen and oxygen atoms in total. The number of nitrogens with zero attached hydrogens (tertiary/aromatic N) is 3. The quantitative estimate of drug-likeness (QED) is 0.208. The number of methoxy groups -OCH3 is 3. The molecule has 1 fully saturated rings. The van der Waals surface area contributed by atoms with E-state index in [1.54, 1.807) is 29.4 Å². The van der Waals surface area contributed by atoms with Crippen molar-refractivity contribution < 1.29 is 47.2 Å². The number of aromatic carboxylic acids is 1. The Kier molecular flexibility index (Phi) is 12.5. The molecule has 1 atom stereocenters. The van der Waals surface area contributed by atoms with Crippen molar-refractivity contribution in [2.24, 2.45) is 0 Å². The summed E-state index contributed by atoms with van der Waals surface area (Å²) in [5, 5.41) is 9.14. The predicted octanol–water partition coefficient (Wildman–Crippen LogP) is 5.59. The first kappa shape index (κ1) is 35.9. The molecule has 4 rings (SSSR count). The number of carbonyl (C=O) groups is 3. The first-order valence-corrected chi connectivity index (χ1v) is 15.7. The molecule has 1 aliphatic rings. The van der Waals surface area contributed by atoms with E-state index in [0.717, 1.165) is 28.2 Å². The van der Waals surface area contributed by atoms with Crippen LogP contribution in [0.2, 0.25) is 0 Å². The number of ether oxygens (including phenoxy) is 4. The summed E-state index contributed by atoms with van der Waals surface area (Å²) in [6, 6.07) is 11.7. The highest BCUT2D eigenvalue weighted by molar-refractivity contribution is 5.87. The number of hydrogen-bond donors (Lipinski definition) is 1. The minimum absolute atomic E-state index is 0.00730. The molecule has 2 amide bonds. The molecule has 0 saturated carbocycles. The highest BCUT2D eigenvalue weighted by Crippen LogP contribution is 2.43. The molecule has 0 spiro atoms. The van der Waals surface area contributed by atoms with Crippen LogP contribution in [-0.4, -0.2) is 91.5 Å². The molecule has 2 aromatic carbocycles. The number of aryl methyl sites for hydroxylation is 2. The molecule has 48 heavy (non-hydrogen) atoms. The van der Waals surface area contributed by atoms with E-state index in [1.165, 1.54) is 33.5 Å². The number of pyridine rings is 1. The number of carboxylic acid groups (broad SMARTS) is 1. The van der Waals surface area contributed by atoms with E-state index in [0.29, 0.717) is 51.6 Å². The molecule has 13 heteroatoms. The Morgan fingerprint density at radius 1 is 0.958 bits per heavy atom. The van der Waals surface area contributed by atoms with Crippen LogP contribution in [0.5, 0.6) is 17.2 Å². The molecule has 1 N–H and O–H groups in total. The first-order chi connectivity index (χ1) is 23.1. The van der Waals surface area contributed by atoms with E-state index >= 15 is 8.78 Å². The van der Waals surface area contributed by atoms with Crippen LogP contribution in [0.3, 0.4) is 0 Å². The minimum atomic E-state index is -3.92. The normalized spacial score (nSPS) is 14.4. The lowest BCUT2D eigenvalue weighted by molar-refractivity contribution is -0.160. The second kappa shape index (κ2) is 16.8. The van der Waals surface area contributed by atoms with E-state index in [-0.39, 0.29) is 36.0 Å². The Morgan fingerprint density at radius 2 is 1.60 bits per heavy atom. The average Bonchev–Trinajstić information content (AvgIpc) is 3.58. The Bertz CT molecular complexity index is 1510. The predicted molar refractivity (Wildman–Crippen MR) is 172 cm³/mol. The molecule has 1 unspecified atom stereocenters. The van der Waals surface area contributed by atoms with Crippen molar-refractivity contribution in [1.82, 2.24) is 14.8 Å². The molecule has 258 valence electrons. The zero-order chi connectivity index (χ0) is 34.7. The monoisotopic (exact) mass is 669 g/mol. The van der Waals surface area contributed by atoms with E-state index in [2.05, 4.69) is 4.98 Å². The summed E-state index contributed by atoms with van der Waals surface area (Å²) in [6.07, 6.45) is 6.26. The third kappa shape index (κ3) is 8.90. The lowest BCUT2D eigenvalue weighted by atomic mass is 10.0. The van der Waals surface area contributed by atoms with Crippen LogP contribution in [0.15, 0.2) is 60.9 Å². The second-order valence-electron chi connectivity index (χ2n) is 11.4. The van der Waals surface area contributed by atoms with Crippen molar-refractivity contribution in [2.45, 2.75) is 50.5 Å². The van der Waals surface area contributed by atoms with Crippen LogP contribution < -0.4 is 14.2 Å². The summed E-state index contributed by atoms with van der Waals surface area (Å²) >= 11 is 0. The fourth-order valence-corrected chi connectivity index (χ4v) is 5.70. The van der Waals surface area contributed by atoms with Gasteiger partial charge in [0.2, 0.25) is 5.75 Å². The maximum Gasteiger partial charge on any atom is 0.409 e. The number of carbonyl (C=O) groups excluding carboxylic acids is 2. The van der Waals surface area contributed by atoms with Crippen LogP contribution in [0.4, 0.5) is 13.6 Å². The van der Waals surface area contributed by atoms with Crippen molar-refractivity contribution in [3.63, 3.8) is 0 Å². The minimum Gasteiger partial charge on any atom is -0.493 e. The Morgan fingerprint density at radius 3 is 2.17 bits per heavy atom. The van der Waals surface area contributed by atoms with E-state index in [4.69, 9.17) is 24.1 Å². The first-order valence-electron chi connectivity index (χ1n) is 15.7. The van der Waals surface area contributed by atoms with Gasteiger partial charge in [-0.05, 0) is 80.0 Å². The fraction of sp³-hybridized carbons (Fsp3) is 0.429. The molecule has 1 aromatic heterocycles. The summed E-state index contributed by atoms with van der Waals surface area (Å²) in [4.78, 5) is 44.6. The van der Waals surface area contributed by atoms with Crippen molar-refractivity contribution in [2.75, 3.05) is 47.6 Å². The Hall–Kier alpha value is -4.94. The maximum absolute atomic E-state index is 15.7. The van der Waals surface area contributed by atoms with E-state index < -0.39 is 35.5 Å². The third-order valence-corrected chi connectivity index (χ3v) is 8.30. The van der Waals surface area contributed by atoms with Gasteiger partial charge in [-0.1, -0.05) is 18.2 Å². The second-order valence-corrected chi connectivity index (χ2v) is 11.4. The van der Waals surface area contributed by atoms with Crippen molar-refractivity contribution in [3.05, 3.63) is 83.2 Å². The number of carboxylic acids is 1. The fourth-order valence-electron chi connectivity index (χ4n) is 5.70. The number of hydrogen-bond acceptors (Lipinski definition) is 8. The number of benzene rings is 2. The highest BCUT2D eigenvalue weighted by Gasteiger charge is 2.48. The number of aromatic nitrogens is 1. The van der Waals surface area contributed by atoms with Gasteiger partial charge in [-0.3, -0.25) is 9.78 Å². The molecule has 0 bridgehead atoms. The van der Waals surface area contributed by atoms with Crippen LogP contribution in [0, 0.1) is 0 Å². The van der Waals surface area contributed by atoms with Gasteiger partial charge in [0.25, 0.3) is 5.91 Å². The largest absolute Gasteiger partial charge is 0.493 e. The van der Waals surface area contributed by atoms with Gasteiger partial charge in [0.1, 0.15) is 6.61 Å². The van der Waals surface area contributed by atoms with Crippen molar-refractivity contribution in [1.29, 1.82) is 0 Å². The molecular weight excluding hydrogens is 628 g/mol. The average molecular weight is 670 g/mol. The van der Waals surface area contributed by atoms with Gasteiger partial charge in [0.05, 0.1) is 32.9 Å². The van der Waals surface area contributed by atoms with Gasteiger partial charge in [-0.15, -0.1) is 0 Å². The van der Waals surface area contributed by atoms with Gasteiger partial charge >= 0.3 is 18.0 Å². The Labute approximate surface area is 278 Å². The van der Waals surface area contributed by atoms with Gasteiger partial charge < -0.3 is 33.9 Å². The number of amides is 2. The maximum atomic E-state index is 15.7. The van der Waals surface area contributed by atoms with Gasteiger partial charge in [0.15, 0.2) is 11.5 Å². The summed E-state index contributed by atoms with van der Waals surface area (Å²) in [5.41, 5.74) is 1.54. The van der Waals surface area contributed by atoms with Gasteiger partial charge in [-0.25, -0.2) is 9.59 Å². The SMILES string of the molecule is COc1cc(C(F)(F)C(=O)N2CCCC2COC(=O)N(CCCc2ccc(C(=O)O)cc2)CCCc2cccnc2)cc(OC)c1OC. The van der Waals surface area contributed by atoms with Crippen molar-refractivity contribution in [3.8, 4) is 17.2 Å². The Balaban J connectivity index is 1.40. The molecule has 1 saturated heterocycles. The summed E-state index contributed by atoms with van der Waals surface area (Å²) in [5.74, 6) is -6.21. The zero-order valence-corrected chi connectivity index (χ0v) is 27.3. The number of alkyl halides is 2. The zero-order valence-electron chi connectivity index (χ0n) is 27.3. The molecular formula is C35H41F2N3O8. The summed E-state index contributed by atoms with van der Waals surface area (Å²) < 4.78 is 52.7. The third-order valence-electron chi connectivity index (χ3n) is 8.30. The summed E-state index contributed by atoms with van der Waals surface area (Å²) in [6.45, 7) is 0.611. The number of halogens is 2. The highest BCUT2D eigenvalue weighted by atomic mass is 19.3. The lowest BCUT2D eigenvalue weighted by Gasteiger charge is -2.30. The van der Waals surface area contributed by atoms with E-state index in [9.17, 15) is 14.4 Å². The topological polar surface area (TPSA) is 128 Å².